The number of ether oxygens (including phenoxy) is 1. The van der Waals surface area contributed by atoms with Crippen LogP contribution in [0, 0.1) is 5.92 Å². The second-order valence-corrected chi connectivity index (χ2v) is 6.21. The number of carbonyl (C=O) groups is 1. The SMILES string of the molecule is C[C@H]1CCCN(C(=O)c2cc(Oc3ccccc3)ccn2)[C@@H]1CN. The zero-order valence-corrected chi connectivity index (χ0v) is 13.9. The average Bonchev–Trinajstić information content (AvgIpc) is 2.62. The van der Waals surface area contributed by atoms with Gasteiger partial charge in [0.1, 0.15) is 17.2 Å². The Labute approximate surface area is 142 Å². The molecule has 0 saturated carbocycles. The second kappa shape index (κ2) is 7.45. The zero-order chi connectivity index (χ0) is 16.9. The van der Waals surface area contributed by atoms with Crippen molar-refractivity contribution in [1.82, 2.24) is 9.88 Å². The third-order valence-electron chi connectivity index (χ3n) is 4.55. The molecule has 0 bridgehead atoms. The lowest BCUT2D eigenvalue weighted by Gasteiger charge is -2.39. The molecular formula is C19H23N3O2. The predicted octanol–water partition coefficient (Wildman–Crippen LogP) is 3.07. The van der Waals surface area contributed by atoms with E-state index in [1.165, 1.54) is 0 Å². The molecule has 1 aliphatic rings. The van der Waals surface area contributed by atoms with Crippen molar-refractivity contribution >= 4 is 5.91 Å². The first-order chi connectivity index (χ1) is 11.7. The second-order valence-electron chi connectivity index (χ2n) is 6.21. The molecule has 1 fully saturated rings. The molecule has 1 aromatic heterocycles. The van der Waals surface area contributed by atoms with Gasteiger partial charge in [-0.2, -0.15) is 0 Å². The van der Waals surface area contributed by atoms with Crippen LogP contribution in [0.1, 0.15) is 30.3 Å². The molecule has 0 radical (unpaired) electrons. The summed E-state index contributed by atoms with van der Waals surface area (Å²) in [4.78, 5) is 19.0. The molecule has 1 amide bonds. The summed E-state index contributed by atoms with van der Waals surface area (Å²) < 4.78 is 5.80. The van der Waals surface area contributed by atoms with Gasteiger partial charge in [-0.1, -0.05) is 25.1 Å². The Morgan fingerprint density at radius 3 is 2.83 bits per heavy atom. The van der Waals surface area contributed by atoms with Crippen molar-refractivity contribution in [3.63, 3.8) is 0 Å². The number of aromatic nitrogens is 1. The number of nitrogens with two attached hydrogens (primary N) is 1. The minimum atomic E-state index is -0.0736. The lowest BCUT2D eigenvalue weighted by molar-refractivity contribution is 0.0526. The van der Waals surface area contributed by atoms with Crippen molar-refractivity contribution in [3.8, 4) is 11.5 Å². The Hall–Kier alpha value is -2.40. The molecule has 0 aliphatic carbocycles. The molecule has 1 aliphatic heterocycles. The van der Waals surface area contributed by atoms with Gasteiger partial charge in [0.25, 0.3) is 5.91 Å². The standard InChI is InChI=1S/C19H23N3O2/c1-14-6-5-11-22(18(14)13-20)19(23)17-12-16(9-10-21-17)24-15-7-3-2-4-8-15/h2-4,7-10,12,14,18H,5-6,11,13,20H2,1H3/t14-,18+/m0/s1. The number of benzene rings is 1. The third-order valence-corrected chi connectivity index (χ3v) is 4.55. The summed E-state index contributed by atoms with van der Waals surface area (Å²) in [7, 11) is 0. The van der Waals surface area contributed by atoms with E-state index in [-0.39, 0.29) is 11.9 Å². The van der Waals surface area contributed by atoms with Crippen LogP contribution in [0.2, 0.25) is 0 Å². The highest BCUT2D eigenvalue weighted by Gasteiger charge is 2.31. The first-order valence-corrected chi connectivity index (χ1v) is 8.39. The van der Waals surface area contributed by atoms with Crippen LogP contribution in [0.5, 0.6) is 11.5 Å². The van der Waals surface area contributed by atoms with Gasteiger partial charge in [-0.3, -0.25) is 9.78 Å². The first-order valence-electron chi connectivity index (χ1n) is 8.39. The Kier molecular flexibility index (Phi) is 5.11. The van der Waals surface area contributed by atoms with E-state index in [9.17, 15) is 4.79 Å². The largest absolute Gasteiger partial charge is 0.457 e. The number of carbonyl (C=O) groups excluding carboxylic acids is 1. The monoisotopic (exact) mass is 325 g/mol. The van der Waals surface area contributed by atoms with Gasteiger partial charge in [-0.15, -0.1) is 0 Å². The summed E-state index contributed by atoms with van der Waals surface area (Å²) in [6.07, 6.45) is 3.72. The molecule has 1 aromatic carbocycles. The summed E-state index contributed by atoms with van der Waals surface area (Å²) in [5.41, 5.74) is 6.29. The summed E-state index contributed by atoms with van der Waals surface area (Å²) in [6, 6.07) is 13.0. The van der Waals surface area contributed by atoms with E-state index in [4.69, 9.17) is 10.5 Å². The van der Waals surface area contributed by atoms with Crippen molar-refractivity contribution in [3.05, 3.63) is 54.4 Å². The number of nitrogens with zero attached hydrogens (tertiary/aromatic N) is 2. The van der Waals surface area contributed by atoms with Crippen molar-refractivity contribution < 1.29 is 9.53 Å². The molecule has 1 saturated heterocycles. The third kappa shape index (κ3) is 3.57. The van der Waals surface area contributed by atoms with E-state index in [1.807, 2.05) is 35.2 Å². The van der Waals surface area contributed by atoms with Crippen LogP contribution in [0.25, 0.3) is 0 Å². The number of hydrogen-bond donors (Lipinski definition) is 1. The normalized spacial score (nSPS) is 20.7. The minimum Gasteiger partial charge on any atom is -0.457 e. The molecule has 2 atom stereocenters. The van der Waals surface area contributed by atoms with Crippen LogP contribution < -0.4 is 10.5 Å². The maximum absolute atomic E-state index is 12.9. The van der Waals surface area contributed by atoms with Crippen molar-refractivity contribution in [2.45, 2.75) is 25.8 Å². The Morgan fingerprint density at radius 2 is 2.08 bits per heavy atom. The quantitative estimate of drug-likeness (QED) is 0.938. The smallest absolute Gasteiger partial charge is 0.272 e. The number of amides is 1. The van der Waals surface area contributed by atoms with E-state index in [1.54, 1.807) is 18.3 Å². The molecule has 2 N–H and O–H groups in total. The number of hydrogen-bond acceptors (Lipinski definition) is 4. The summed E-state index contributed by atoms with van der Waals surface area (Å²) in [6.45, 7) is 3.36. The van der Waals surface area contributed by atoms with Gasteiger partial charge < -0.3 is 15.4 Å². The molecule has 24 heavy (non-hydrogen) atoms. The van der Waals surface area contributed by atoms with Crippen LogP contribution >= 0.6 is 0 Å². The Morgan fingerprint density at radius 1 is 1.29 bits per heavy atom. The number of likely N-dealkylation sites (tertiary alicyclic amines) is 1. The van der Waals surface area contributed by atoms with Crippen molar-refractivity contribution in [2.24, 2.45) is 11.7 Å². The molecule has 5 nitrogen and oxygen atoms in total. The van der Waals surface area contributed by atoms with Gasteiger partial charge in [-0.25, -0.2) is 0 Å². The molecular weight excluding hydrogens is 302 g/mol. The lowest BCUT2D eigenvalue weighted by atomic mass is 9.90. The van der Waals surface area contributed by atoms with E-state index >= 15 is 0 Å². The summed E-state index contributed by atoms with van der Waals surface area (Å²) in [5.74, 6) is 1.68. The molecule has 2 heterocycles. The van der Waals surface area contributed by atoms with Crippen LogP contribution in [-0.4, -0.2) is 34.9 Å². The highest BCUT2D eigenvalue weighted by Crippen LogP contribution is 2.26. The van der Waals surface area contributed by atoms with E-state index < -0.39 is 0 Å². The van der Waals surface area contributed by atoms with E-state index in [0.29, 0.717) is 23.9 Å². The fourth-order valence-electron chi connectivity index (χ4n) is 3.22. The van der Waals surface area contributed by atoms with Gasteiger partial charge in [-0.05, 0) is 37.0 Å². The topological polar surface area (TPSA) is 68.5 Å². The van der Waals surface area contributed by atoms with E-state index in [0.717, 1.165) is 25.1 Å². The summed E-state index contributed by atoms with van der Waals surface area (Å²) in [5, 5.41) is 0. The zero-order valence-electron chi connectivity index (χ0n) is 13.9. The first kappa shape index (κ1) is 16.5. The fraction of sp³-hybridized carbons (Fsp3) is 0.368. The number of rotatable bonds is 4. The average molecular weight is 325 g/mol. The molecule has 5 heteroatoms. The van der Waals surface area contributed by atoms with Gasteiger partial charge in [0.2, 0.25) is 0 Å². The predicted molar refractivity (Wildman–Crippen MR) is 93.0 cm³/mol. The van der Waals surface area contributed by atoms with Crippen LogP contribution in [0.15, 0.2) is 48.7 Å². The number of para-hydroxylation sites is 1. The minimum absolute atomic E-state index is 0.0736. The molecule has 3 rings (SSSR count). The van der Waals surface area contributed by atoms with Gasteiger partial charge in [0.05, 0.1) is 0 Å². The molecule has 2 aromatic rings. The van der Waals surface area contributed by atoms with Crippen LogP contribution in [0.3, 0.4) is 0 Å². The molecule has 0 spiro atoms. The van der Waals surface area contributed by atoms with Gasteiger partial charge >= 0.3 is 0 Å². The molecule has 0 unspecified atom stereocenters. The maximum Gasteiger partial charge on any atom is 0.272 e. The van der Waals surface area contributed by atoms with Gasteiger partial charge in [0.15, 0.2) is 0 Å². The van der Waals surface area contributed by atoms with E-state index in [2.05, 4.69) is 11.9 Å². The van der Waals surface area contributed by atoms with Gasteiger partial charge in [0, 0.05) is 31.4 Å². The Balaban J connectivity index is 1.79. The molecule has 126 valence electrons. The Bertz CT molecular complexity index is 690. The summed E-state index contributed by atoms with van der Waals surface area (Å²) >= 11 is 0. The number of piperidine rings is 1. The highest BCUT2D eigenvalue weighted by molar-refractivity contribution is 5.93. The van der Waals surface area contributed by atoms with Crippen LogP contribution in [0.4, 0.5) is 0 Å². The highest BCUT2D eigenvalue weighted by atomic mass is 16.5. The lowest BCUT2D eigenvalue weighted by Crippen LogP contribution is -2.51. The van der Waals surface area contributed by atoms with Crippen molar-refractivity contribution in [2.75, 3.05) is 13.1 Å². The van der Waals surface area contributed by atoms with Crippen LogP contribution in [-0.2, 0) is 0 Å². The number of pyridine rings is 1. The van der Waals surface area contributed by atoms with Crippen molar-refractivity contribution in [1.29, 1.82) is 0 Å². The fourth-order valence-corrected chi connectivity index (χ4v) is 3.22. The maximum atomic E-state index is 12.9.